The quantitative estimate of drug-likeness (QED) is 0.729. The molecule has 1 N–H and O–H groups in total. The van der Waals surface area contributed by atoms with E-state index in [-0.39, 0.29) is 5.91 Å². The van der Waals surface area contributed by atoms with E-state index < -0.39 is 6.10 Å². The smallest absolute Gasteiger partial charge is 0.265 e. The number of carbonyl (C=O) groups excluding carboxylic acids is 1. The fraction of sp³-hybridized carbons (Fsp3) is 0.235. The van der Waals surface area contributed by atoms with Gasteiger partial charge in [0.25, 0.3) is 5.91 Å². The van der Waals surface area contributed by atoms with Crippen LogP contribution in [0.1, 0.15) is 13.3 Å². The molecule has 0 aliphatic rings. The zero-order chi connectivity index (χ0) is 15.9. The van der Waals surface area contributed by atoms with Gasteiger partial charge in [-0.05, 0) is 65.4 Å². The van der Waals surface area contributed by atoms with E-state index >= 15 is 0 Å². The number of rotatable bonds is 6. The number of nitrogens with one attached hydrogen (secondary N) is 1. The Kier molecular flexibility index (Phi) is 6.06. The molecule has 0 fully saturated rings. The molecule has 2 aromatic rings. The minimum absolute atomic E-state index is 0.161. The summed E-state index contributed by atoms with van der Waals surface area (Å²) in [6.45, 7) is 1.92. The maximum atomic E-state index is 12.3. The second kappa shape index (κ2) is 8.03. The lowest BCUT2D eigenvalue weighted by atomic mass is 10.2. The summed E-state index contributed by atoms with van der Waals surface area (Å²) in [5.74, 6) is 1.15. The van der Waals surface area contributed by atoms with Gasteiger partial charge in [-0.25, -0.2) is 0 Å². The molecule has 0 unspecified atom stereocenters. The molecule has 4 nitrogen and oxygen atoms in total. The summed E-state index contributed by atoms with van der Waals surface area (Å²) in [5, 5.41) is 2.87. The number of methoxy groups -OCH3 is 1. The minimum Gasteiger partial charge on any atom is -0.497 e. The first kappa shape index (κ1) is 16.6. The Bertz CT molecular complexity index is 628. The molecule has 0 aliphatic carbocycles. The number of anilines is 1. The van der Waals surface area contributed by atoms with Crippen molar-refractivity contribution in [1.29, 1.82) is 0 Å². The van der Waals surface area contributed by atoms with Gasteiger partial charge >= 0.3 is 0 Å². The molecule has 2 rings (SSSR count). The predicted molar refractivity (Wildman–Crippen MR) is 95.5 cm³/mol. The first-order chi connectivity index (χ1) is 10.6. The van der Waals surface area contributed by atoms with Crippen LogP contribution in [0.3, 0.4) is 0 Å². The van der Waals surface area contributed by atoms with E-state index in [1.165, 1.54) is 0 Å². The summed E-state index contributed by atoms with van der Waals surface area (Å²) in [4.78, 5) is 12.3. The van der Waals surface area contributed by atoms with E-state index in [2.05, 4.69) is 27.9 Å². The van der Waals surface area contributed by atoms with Crippen LogP contribution in [0.25, 0.3) is 0 Å². The maximum absolute atomic E-state index is 12.3. The second-order valence-electron chi connectivity index (χ2n) is 4.69. The molecule has 0 spiro atoms. The molecule has 0 saturated carbocycles. The van der Waals surface area contributed by atoms with Crippen molar-refractivity contribution in [1.82, 2.24) is 0 Å². The van der Waals surface area contributed by atoms with E-state index in [9.17, 15) is 4.79 Å². The average Bonchev–Trinajstić information content (AvgIpc) is 2.54. The van der Waals surface area contributed by atoms with Crippen molar-refractivity contribution >= 4 is 34.2 Å². The van der Waals surface area contributed by atoms with Crippen LogP contribution in [0, 0.1) is 3.57 Å². The van der Waals surface area contributed by atoms with Crippen molar-refractivity contribution in [3.05, 3.63) is 52.1 Å². The number of benzene rings is 2. The molecule has 5 heteroatoms. The molecule has 0 radical (unpaired) electrons. The number of hydrogen-bond acceptors (Lipinski definition) is 3. The molecule has 0 heterocycles. The lowest BCUT2D eigenvalue weighted by molar-refractivity contribution is -0.122. The van der Waals surface area contributed by atoms with Gasteiger partial charge in [0, 0.05) is 15.3 Å². The first-order valence-corrected chi connectivity index (χ1v) is 8.07. The number of carbonyl (C=O) groups is 1. The predicted octanol–water partition coefficient (Wildman–Crippen LogP) is 4.10. The highest BCUT2D eigenvalue weighted by Gasteiger charge is 2.18. The molecule has 22 heavy (non-hydrogen) atoms. The molecule has 0 aliphatic heterocycles. The molecular formula is C17H18INO3. The lowest BCUT2D eigenvalue weighted by Gasteiger charge is -2.17. The van der Waals surface area contributed by atoms with Crippen molar-refractivity contribution in [2.24, 2.45) is 0 Å². The Morgan fingerprint density at radius 1 is 1.18 bits per heavy atom. The molecule has 0 aromatic heterocycles. The van der Waals surface area contributed by atoms with E-state index in [0.29, 0.717) is 17.9 Å². The summed E-state index contributed by atoms with van der Waals surface area (Å²) < 4.78 is 12.0. The summed E-state index contributed by atoms with van der Waals surface area (Å²) in [5.41, 5.74) is 0.762. The van der Waals surface area contributed by atoms with Crippen LogP contribution in [0.15, 0.2) is 48.5 Å². The summed E-state index contributed by atoms with van der Waals surface area (Å²) in [7, 11) is 1.60. The van der Waals surface area contributed by atoms with Crippen LogP contribution in [0.2, 0.25) is 0 Å². The van der Waals surface area contributed by atoms with Gasteiger partial charge in [-0.2, -0.15) is 0 Å². The zero-order valence-electron chi connectivity index (χ0n) is 12.5. The highest BCUT2D eigenvalue weighted by atomic mass is 127. The maximum Gasteiger partial charge on any atom is 0.265 e. The van der Waals surface area contributed by atoms with Crippen LogP contribution in [-0.4, -0.2) is 19.1 Å². The third-order valence-electron chi connectivity index (χ3n) is 3.09. The summed E-state index contributed by atoms with van der Waals surface area (Å²) >= 11 is 2.22. The van der Waals surface area contributed by atoms with E-state index in [4.69, 9.17) is 9.47 Å². The fourth-order valence-electron chi connectivity index (χ4n) is 1.92. The Morgan fingerprint density at radius 2 is 1.86 bits per heavy atom. The van der Waals surface area contributed by atoms with Crippen molar-refractivity contribution in [3.63, 3.8) is 0 Å². The van der Waals surface area contributed by atoms with Crippen LogP contribution in [0.4, 0.5) is 5.69 Å². The van der Waals surface area contributed by atoms with Crippen LogP contribution < -0.4 is 14.8 Å². The fourth-order valence-corrected chi connectivity index (χ4v) is 2.28. The molecule has 116 valence electrons. The van der Waals surface area contributed by atoms with Gasteiger partial charge < -0.3 is 14.8 Å². The van der Waals surface area contributed by atoms with Gasteiger partial charge in [0.1, 0.15) is 11.5 Å². The molecule has 0 saturated heterocycles. The van der Waals surface area contributed by atoms with E-state index in [0.717, 1.165) is 9.26 Å². The van der Waals surface area contributed by atoms with Crippen LogP contribution in [-0.2, 0) is 4.79 Å². The van der Waals surface area contributed by atoms with Gasteiger partial charge in [-0.15, -0.1) is 0 Å². The molecule has 2 aromatic carbocycles. The standard InChI is InChI=1S/C17H18INO3/c1-3-16(22-15-6-4-5-14(11-15)21-2)17(20)19-13-9-7-12(18)8-10-13/h4-11,16H,3H2,1-2H3,(H,19,20)/t16-/m1/s1. The lowest BCUT2D eigenvalue weighted by Crippen LogP contribution is -2.32. The Labute approximate surface area is 144 Å². The Balaban J connectivity index is 2.03. The van der Waals surface area contributed by atoms with Crippen LogP contribution in [0.5, 0.6) is 11.5 Å². The third kappa shape index (κ3) is 4.62. The number of hydrogen-bond donors (Lipinski definition) is 1. The van der Waals surface area contributed by atoms with Gasteiger partial charge in [-0.1, -0.05) is 13.0 Å². The topological polar surface area (TPSA) is 47.6 Å². The normalized spacial score (nSPS) is 11.6. The minimum atomic E-state index is -0.550. The zero-order valence-corrected chi connectivity index (χ0v) is 14.7. The van der Waals surface area contributed by atoms with Gasteiger partial charge in [0.05, 0.1) is 7.11 Å². The van der Waals surface area contributed by atoms with Crippen molar-refractivity contribution in [2.45, 2.75) is 19.4 Å². The molecule has 1 amide bonds. The van der Waals surface area contributed by atoms with Gasteiger partial charge in [0.15, 0.2) is 6.10 Å². The Morgan fingerprint density at radius 3 is 2.50 bits per heavy atom. The monoisotopic (exact) mass is 411 g/mol. The van der Waals surface area contributed by atoms with Gasteiger partial charge in [0.2, 0.25) is 0 Å². The second-order valence-corrected chi connectivity index (χ2v) is 5.94. The molecular weight excluding hydrogens is 393 g/mol. The molecule has 0 bridgehead atoms. The average molecular weight is 411 g/mol. The first-order valence-electron chi connectivity index (χ1n) is 6.99. The molecule has 1 atom stereocenters. The summed E-state index contributed by atoms with van der Waals surface area (Å²) in [6.07, 6.45) is 0.0272. The summed E-state index contributed by atoms with van der Waals surface area (Å²) in [6, 6.07) is 14.9. The highest BCUT2D eigenvalue weighted by molar-refractivity contribution is 14.1. The SMILES string of the molecule is CC[C@@H](Oc1cccc(OC)c1)C(=O)Nc1ccc(I)cc1. The van der Waals surface area contributed by atoms with Crippen molar-refractivity contribution in [3.8, 4) is 11.5 Å². The van der Waals surface area contributed by atoms with E-state index in [1.54, 1.807) is 13.2 Å². The van der Waals surface area contributed by atoms with E-state index in [1.807, 2.05) is 49.4 Å². The van der Waals surface area contributed by atoms with Gasteiger partial charge in [-0.3, -0.25) is 4.79 Å². The third-order valence-corrected chi connectivity index (χ3v) is 3.81. The Hall–Kier alpha value is -1.76. The highest BCUT2D eigenvalue weighted by Crippen LogP contribution is 2.21. The number of halogens is 1. The van der Waals surface area contributed by atoms with Crippen LogP contribution >= 0.6 is 22.6 Å². The largest absolute Gasteiger partial charge is 0.497 e. The number of ether oxygens (including phenoxy) is 2. The van der Waals surface area contributed by atoms with Crippen molar-refractivity contribution < 1.29 is 14.3 Å². The van der Waals surface area contributed by atoms with Crippen molar-refractivity contribution in [2.75, 3.05) is 12.4 Å². The number of amides is 1.